The summed E-state index contributed by atoms with van der Waals surface area (Å²) in [6.45, 7) is 9.41. The molecule has 1 aliphatic rings. The minimum atomic E-state index is 0.689. The Morgan fingerprint density at radius 2 is 2.00 bits per heavy atom. The van der Waals surface area contributed by atoms with Crippen LogP contribution >= 0.6 is 0 Å². The van der Waals surface area contributed by atoms with Gasteiger partial charge in [-0.05, 0) is 45.7 Å². The molecular formula is C12H26N2. The van der Waals surface area contributed by atoms with Crippen molar-refractivity contribution in [2.24, 2.45) is 5.92 Å². The predicted octanol–water partition coefficient (Wildman–Crippen LogP) is 2.10. The van der Waals surface area contributed by atoms with Gasteiger partial charge in [-0.2, -0.15) is 0 Å². The number of nitrogens with zero attached hydrogens (tertiary/aromatic N) is 1. The number of likely N-dealkylation sites (N-methyl/N-ethyl adjacent to an activating group) is 1. The van der Waals surface area contributed by atoms with Crippen LogP contribution in [0.15, 0.2) is 0 Å². The molecule has 1 rings (SSSR count). The molecule has 0 aromatic carbocycles. The molecule has 0 aliphatic carbocycles. The van der Waals surface area contributed by atoms with Crippen molar-refractivity contribution in [2.75, 3.05) is 20.1 Å². The summed E-state index contributed by atoms with van der Waals surface area (Å²) in [5.74, 6) is 0.838. The average molecular weight is 198 g/mol. The van der Waals surface area contributed by atoms with Gasteiger partial charge in [0.15, 0.2) is 0 Å². The number of rotatable bonds is 5. The van der Waals surface area contributed by atoms with Gasteiger partial charge in [0, 0.05) is 18.6 Å². The number of nitrogens with one attached hydrogen (secondary N) is 1. The fraction of sp³-hybridized carbons (Fsp3) is 1.00. The third-order valence-electron chi connectivity index (χ3n) is 3.09. The SMILES string of the molecule is CC(C)CC[C@@H](C)N[C@H]1CCN(C)C1. The highest BCUT2D eigenvalue weighted by atomic mass is 15.2. The summed E-state index contributed by atoms with van der Waals surface area (Å²) in [4.78, 5) is 2.41. The van der Waals surface area contributed by atoms with E-state index in [9.17, 15) is 0 Å². The molecule has 2 nitrogen and oxygen atoms in total. The summed E-state index contributed by atoms with van der Waals surface area (Å²) in [5, 5.41) is 3.72. The quantitative estimate of drug-likeness (QED) is 0.728. The number of hydrogen-bond donors (Lipinski definition) is 1. The zero-order valence-electron chi connectivity index (χ0n) is 10.2. The smallest absolute Gasteiger partial charge is 0.0209 e. The summed E-state index contributed by atoms with van der Waals surface area (Å²) in [6, 6.07) is 1.43. The van der Waals surface area contributed by atoms with Gasteiger partial charge in [-0.1, -0.05) is 13.8 Å². The highest BCUT2D eigenvalue weighted by Crippen LogP contribution is 2.10. The molecule has 0 unspecified atom stereocenters. The lowest BCUT2D eigenvalue weighted by molar-refractivity contribution is 0.370. The van der Waals surface area contributed by atoms with Gasteiger partial charge in [0.25, 0.3) is 0 Å². The fourth-order valence-electron chi connectivity index (χ4n) is 2.14. The Labute approximate surface area is 89.1 Å². The van der Waals surface area contributed by atoms with Crippen molar-refractivity contribution < 1.29 is 0 Å². The first-order chi connectivity index (χ1) is 6.58. The van der Waals surface area contributed by atoms with Crippen molar-refractivity contribution in [3.05, 3.63) is 0 Å². The minimum Gasteiger partial charge on any atom is -0.310 e. The van der Waals surface area contributed by atoms with E-state index in [1.165, 1.54) is 32.4 Å². The van der Waals surface area contributed by atoms with Gasteiger partial charge in [-0.25, -0.2) is 0 Å². The topological polar surface area (TPSA) is 15.3 Å². The number of likely N-dealkylation sites (tertiary alicyclic amines) is 1. The maximum atomic E-state index is 3.72. The first-order valence-electron chi connectivity index (χ1n) is 6.02. The molecule has 0 spiro atoms. The monoisotopic (exact) mass is 198 g/mol. The zero-order valence-corrected chi connectivity index (χ0v) is 10.2. The second-order valence-electron chi connectivity index (χ2n) is 5.29. The minimum absolute atomic E-state index is 0.689. The van der Waals surface area contributed by atoms with Crippen LogP contribution in [0.1, 0.15) is 40.0 Å². The van der Waals surface area contributed by atoms with Crippen molar-refractivity contribution in [2.45, 2.75) is 52.1 Å². The van der Waals surface area contributed by atoms with Gasteiger partial charge in [0.2, 0.25) is 0 Å². The van der Waals surface area contributed by atoms with Crippen molar-refractivity contribution in [3.8, 4) is 0 Å². The second-order valence-corrected chi connectivity index (χ2v) is 5.29. The van der Waals surface area contributed by atoms with E-state index in [2.05, 4.69) is 38.0 Å². The van der Waals surface area contributed by atoms with E-state index in [0.717, 1.165) is 12.0 Å². The standard InChI is InChI=1S/C12H26N2/c1-10(2)5-6-11(3)13-12-7-8-14(4)9-12/h10-13H,5-9H2,1-4H3/t11-,12+/m1/s1. The Balaban J connectivity index is 2.10. The van der Waals surface area contributed by atoms with Gasteiger partial charge in [-0.15, -0.1) is 0 Å². The van der Waals surface area contributed by atoms with E-state index >= 15 is 0 Å². The van der Waals surface area contributed by atoms with Gasteiger partial charge < -0.3 is 10.2 Å². The van der Waals surface area contributed by atoms with Crippen LogP contribution in [0.25, 0.3) is 0 Å². The molecule has 2 heteroatoms. The molecular weight excluding hydrogens is 172 g/mol. The van der Waals surface area contributed by atoms with Gasteiger partial charge in [0.05, 0.1) is 0 Å². The Kier molecular flexibility index (Phi) is 4.90. The van der Waals surface area contributed by atoms with Crippen LogP contribution in [0, 0.1) is 5.92 Å². The molecule has 0 saturated carbocycles. The predicted molar refractivity (Wildman–Crippen MR) is 62.6 cm³/mol. The Hall–Kier alpha value is -0.0800. The normalized spacial score (nSPS) is 25.9. The molecule has 0 radical (unpaired) electrons. The van der Waals surface area contributed by atoms with E-state index < -0.39 is 0 Å². The maximum Gasteiger partial charge on any atom is 0.0209 e. The zero-order chi connectivity index (χ0) is 10.6. The third-order valence-corrected chi connectivity index (χ3v) is 3.09. The van der Waals surface area contributed by atoms with E-state index in [0.29, 0.717) is 6.04 Å². The summed E-state index contributed by atoms with van der Waals surface area (Å²) < 4.78 is 0. The summed E-state index contributed by atoms with van der Waals surface area (Å²) in [6.07, 6.45) is 3.98. The Bertz CT molecular complexity index is 156. The fourth-order valence-corrected chi connectivity index (χ4v) is 2.14. The molecule has 14 heavy (non-hydrogen) atoms. The molecule has 0 bridgehead atoms. The van der Waals surface area contributed by atoms with Crippen LogP contribution in [-0.4, -0.2) is 37.1 Å². The van der Waals surface area contributed by atoms with Crippen molar-refractivity contribution >= 4 is 0 Å². The molecule has 1 N–H and O–H groups in total. The van der Waals surface area contributed by atoms with Crippen molar-refractivity contribution in [1.82, 2.24) is 10.2 Å². The lowest BCUT2D eigenvalue weighted by Gasteiger charge is -2.20. The van der Waals surface area contributed by atoms with E-state index in [-0.39, 0.29) is 0 Å². The largest absolute Gasteiger partial charge is 0.310 e. The van der Waals surface area contributed by atoms with Crippen LogP contribution in [0.3, 0.4) is 0 Å². The molecule has 1 fully saturated rings. The molecule has 84 valence electrons. The van der Waals surface area contributed by atoms with Crippen LogP contribution in [0.2, 0.25) is 0 Å². The van der Waals surface area contributed by atoms with Gasteiger partial charge in [-0.3, -0.25) is 0 Å². The lowest BCUT2D eigenvalue weighted by atomic mass is 10.0. The first-order valence-corrected chi connectivity index (χ1v) is 6.02. The first kappa shape index (κ1) is 12.0. The van der Waals surface area contributed by atoms with Crippen molar-refractivity contribution in [1.29, 1.82) is 0 Å². The Morgan fingerprint density at radius 1 is 1.29 bits per heavy atom. The van der Waals surface area contributed by atoms with E-state index in [1.54, 1.807) is 0 Å². The van der Waals surface area contributed by atoms with Crippen LogP contribution in [-0.2, 0) is 0 Å². The third kappa shape index (κ3) is 4.43. The Morgan fingerprint density at radius 3 is 2.50 bits per heavy atom. The molecule has 1 aliphatic heterocycles. The second kappa shape index (κ2) is 5.72. The van der Waals surface area contributed by atoms with E-state index in [1.807, 2.05) is 0 Å². The molecule has 2 atom stereocenters. The van der Waals surface area contributed by atoms with Crippen LogP contribution in [0.5, 0.6) is 0 Å². The van der Waals surface area contributed by atoms with Crippen LogP contribution < -0.4 is 5.32 Å². The van der Waals surface area contributed by atoms with Gasteiger partial charge in [0.1, 0.15) is 0 Å². The molecule has 0 aromatic rings. The van der Waals surface area contributed by atoms with Crippen LogP contribution in [0.4, 0.5) is 0 Å². The lowest BCUT2D eigenvalue weighted by Crippen LogP contribution is -2.38. The molecule has 0 amide bonds. The summed E-state index contributed by atoms with van der Waals surface area (Å²) in [5.41, 5.74) is 0. The molecule has 0 aromatic heterocycles. The molecule has 1 heterocycles. The molecule has 1 saturated heterocycles. The highest BCUT2D eigenvalue weighted by molar-refractivity contribution is 4.81. The summed E-state index contributed by atoms with van der Waals surface area (Å²) in [7, 11) is 2.21. The maximum absolute atomic E-state index is 3.72. The summed E-state index contributed by atoms with van der Waals surface area (Å²) >= 11 is 0. The van der Waals surface area contributed by atoms with Crippen molar-refractivity contribution in [3.63, 3.8) is 0 Å². The highest BCUT2D eigenvalue weighted by Gasteiger charge is 2.20. The van der Waals surface area contributed by atoms with Gasteiger partial charge >= 0.3 is 0 Å². The average Bonchev–Trinajstić information content (AvgIpc) is 2.48. The number of hydrogen-bond acceptors (Lipinski definition) is 2. The van der Waals surface area contributed by atoms with E-state index in [4.69, 9.17) is 0 Å².